The molecule has 5 nitrogen and oxygen atoms in total. The number of benzene rings is 2. The van der Waals surface area contributed by atoms with Crippen LogP contribution in [-0.4, -0.2) is 33.3 Å². The highest BCUT2D eigenvalue weighted by Crippen LogP contribution is 2.22. The van der Waals surface area contributed by atoms with Crippen molar-refractivity contribution in [1.82, 2.24) is 9.47 Å². The maximum absolute atomic E-state index is 12.7. The number of pyridine rings is 1. The number of aliphatic hydroxyl groups is 1. The molecule has 0 bridgehead atoms. The van der Waals surface area contributed by atoms with Crippen LogP contribution in [-0.2, 0) is 26.1 Å². The molecule has 0 spiro atoms. The molecule has 1 aliphatic rings. The van der Waals surface area contributed by atoms with Crippen LogP contribution in [0.5, 0.6) is 5.75 Å². The normalized spacial score (nSPS) is 16.0. The molecule has 1 N–H and O–H groups in total. The van der Waals surface area contributed by atoms with Gasteiger partial charge in [-0.3, -0.25) is 9.69 Å². The lowest BCUT2D eigenvalue weighted by Gasteiger charge is -2.35. The summed E-state index contributed by atoms with van der Waals surface area (Å²) in [4.78, 5) is 15.1. The quantitative estimate of drug-likeness (QED) is 0.560. The van der Waals surface area contributed by atoms with Gasteiger partial charge < -0.3 is 14.4 Å². The van der Waals surface area contributed by atoms with Crippen molar-refractivity contribution in [2.75, 3.05) is 13.1 Å². The maximum Gasteiger partial charge on any atom is 0.254 e. The summed E-state index contributed by atoms with van der Waals surface area (Å²) in [5, 5.41) is 10.1. The van der Waals surface area contributed by atoms with Gasteiger partial charge in [-0.2, -0.15) is 0 Å². The summed E-state index contributed by atoms with van der Waals surface area (Å²) in [7, 11) is 0. The van der Waals surface area contributed by atoms with E-state index in [0.29, 0.717) is 18.9 Å². The average Bonchev–Trinajstić information content (AvgIpc) is 2.80. The van der Waals surface area contributed by atoms with Crippen molar-refractivity contribution in [2.45, 2.75) is 58.4 Å². The van der Waals surface area contributed by atoms with Crippen LogP contribution >= 0.6 is 0 Å². The Kier molecular flexibility index (Phi) is 7.31. The molecule has 174 valence electrons. The van der Waals surface area contributed by atoms with Gasteiger partial charge in [-0.05, 0) is 55.9 Å². The van der Waals surface area contributed by atoms with Crippen molar-refractivity contribution < 1.29 is 9.84 Å². The fourth-order valence-corrected chi connectivity index (χ4v) is 4.31. The number of rotatable bonds is 8. The molecule has 0 radical (unpaired) electrons. The number of ether oxygens (including phenoxy) is 1. The van der Waals surface area contributed by atoms with Gasteiger partial charge in [-0.25, -0.2) is 0 Å². The van der Waals surface area contributed by atoms with Crippen LogP contribution in [0.2, 0.25) is 0 Å². The van der Waals surface area contributed by atoms with Gasteiger partial charge in [-0.1, -0.05) is 54.6 Å². The number of likely N-dealkylation sites (tertiary alicyclic amines) is 1. The van der Waals surface area contributed by atoms with Crippen molar-refractivity contribution in [3.63, 3.8) is 0 Å². The standard InChI is InChI=1S/C28H34N2O3/c1-22-18-26(33-21-25-6-4-3-5-7-25)19-27(31)30(22)15-12-23-8-10-24(11-9-23)20-29-16-13-28(2,32)14-17-29/h3-11,18-19,32H,12-17,20-21H2,1-2H3. The fraction of sp³-hybridized carbons (Fsp3) is 0.393. The SMILES string of the molecule is Cc1cc(OCc2ccccc2)cc(=O)n1CCc1ccc(CN2CCC(C)(O)CC2)cc1. The third kappa shape index (κ3) is 6.56. The highest BCUT2D eigenvalue weighted by Gasteiger charge is 2.27. The molecule has 4 rings (SSSR count). The van der Waals surface area contributed by atoms with Crippen LogP contribution in [0.4, 0.5) is 0 Å². The molecule has 1 fully saturated rings. The Labute approximate surface area is 196 Å². The molecular formula is C28H34N2O3. The molecule has 0 amide bonds. The van der Waals surface area contributed by atoms with Crippen molar-refractivity contribution in [3.05, 3.63) is 99.5 Å². The Balaban J connectivity index is 1.30. The number of piperidine rings is 1. The van der Waals surface area contributed by atoms with Crippen LogP contribution < -0.4 is 10.3 Å². The third-order valence-electron chi connectivity index (χ3n) is 6.54. The molecule has 33 heavy (non-hydrogen) atoms. The first-order chi connectivity index (χ1) is 15.9. The van der Waals surface area contributed by atoms with E-state index < -0.39 is 5.60 Å². The zero-order valence-corrected chi connectivity index (χ0v) is 19.7. The van der Waals surface area contributed by atoms with Gasteiger partial charge in [0.25, 0.3) is 5.56 Å². The Morgan fingerprint density at radius 1 is 0.939 bits per heavy atom. The second kappa shape index (κ2) is 10.4. The molecule has 5 heteroatoms. The maximum atomic E-state index is 12.7. The summed E-state index contributed by atoms with van der Waals surface area (Å²) >= 11 is 0. The van der Waals surface area contributed by atoms with Crippen LogP contribution in [0.15, 0.2) is 71.5 Å². The minimum atomic E-state index is -0.511. The number of hydrogen-bond acceptors (Lipinski definition) is 4. The monoisotopic (exact) mass is 446 g/mol. The molecule has 0 saturated carbocycles. The van der Waals surface area contributed by atoms with E-state index in [4.69, 9.17) is 4.74 Å². The topological polar surface area (TPSA) is 54.7 Å². The lowest BCUT2D eigenvalue weighted by Crippen LogP contribution is -2.41. The van der Waals surface area contributed by atoms with Crippen LogP contribution in [0.1, 0.15) is 42.1 Å². The summed E-state index contributed by atoms with van der Waals surface area (Å²) in [6, 6.07) is 22.1. The summed E-state index contributed by atoms with van der Waals surface area (Å²) < 4.78 is 7.64. The number of nitrogens with zero attached hydrogens (tertiary/aromatic N) is 2. The first-order valence-electron chi connectivity index (χ1n) is 11.8. The molecular weight excluding hydrogens is 412 g/mol. The molecule has 0 aliphatic carbocycles. The average molecular weight is 447 g/mol. The molecule has 0 atom stereocenters. The largest absolute Gasteiger partial charge is 0.489 e. The molecule has 3 aromatic rings. The van der Waals surface area contributed by atoms with E-state index in [0.717, 1.165) is 50.2 Å². The number of hydrogen-bond donors (Lipinski definition) is 1. The number of aromatic nitrogens is 1. The predicted octanol–water partition coefficient (Wildman–Crippen LogP) is 4.33. The van der Waals surface area contributed by atoms with E-state index >= 15 is 0 Å². The highest BCUT2D eigenvalue weighted by molar-refractivity contribution is 5.26. The van der Waals surface area contributed by atoms with E-state index in [1.165, 1.54) is 11.1 Å². The van der Waals surface area contributed by atoms with Gasteiger partial charge >= 0.3 is 0 Å². The van der Waals surface area contributed by atoms with E-state index in [1.54, 1.807) is 6.07 Å². The molecule has 1 aromatic heterocycles. The summed E-state index contributed by atoms with van der Waals surface area (Å²) in [6.45, 7) is 7.76. The Morgan fingerprint density at radius 3 is 2.27 bits per heavy atom. The molecule has 0 unspecified atom stereocenters. The summed E-state index contributed by atoms with van der Waals surface area (Å²) in [5.74, 6) is 0.612. The molecule has 1 aliphatic heterocycles. The zero-order valence-electron chi connectivity index (χ0n) is 19.7. The lowest BCUT2D eigenvalue weighted by molar-refractivity contribution is -0.00730. The predicted molar refractivity (Wildman–Crippen MR) is 131 cm³/mol. The lowest BCUT2D eigenvalue weighted by atomic mass is 9.93. The molecule has 1 saturated heterocycles. The zero-order chi connectivity index (χ0) is 23.3. The van der Waals surface area contributed by atoms with Gasteiger partial charge in [0.15, 0.2) is 0 Å². The summed E-state index contributed by atoms with van der Waals surface area (Å²) in [5.41, 5.74) is 3.95. The first kappa shape index (κ1) is 23.3. The van der Waals surface area contributed by atoms with E-state index in [-0.39, 0.29) is 5.56 Å². The molecule has 2 aromatic carbocycles. The van der Waals surface area contributed by atoms with Gasteiger partial charge in [0.2, 0.25) is 0 Å². The Bertz CT molecular complexity index is 1090. The minimum absolute atomic E-state index is 0.0318. The highest BCUT2D eigenvalue weighted by atomic mass is 16.5. The fourth-order valence-electron chi connectivity index (χ4n) is 4.31. The van der Waals surface area contributed by atoms with Crippen LogP contribution in [0, 0.1) is 6.92 Å². The van der Waals surface area contributed by atoms with Crippen molar-refractivity contribution >= 4 is 0 Å². The van der Waals surface area contributed by atoms with Gasteiger partial charge in [0, 0.05) is 37.9 Å². The van der Waals surface area contributed by atoms with Crippen molar-refractivity contribution in [3.8, 4) is 5.75 Å². The second-order valence-corrected chi connectivity index (χ2v) is 9.44. The van der Waals surface area contributed by atoms with E-state index in [1.807, 2.05) is 54.8 Å². The first-order valence-corrected chi connectivity index (χ1v) is 11.8. The van der Waals surface area contributed by atoms with Crippen molar-refractivity contribution in [2.24, 2.45) is 0 Å². The van der Waals surface area contributed by atoms with Crippen LogP contribution in [0.25, 0.3) is 0 Å². The van der Waals surface area contributed by atoms with Crippen LogP contribution in [0.3, 0.4) is 0 Å². The minimum Gasteiger partial charge on any atom is -0.489 e. The molecule has 2 heterocycles. The van der Waals surface area contributed by atoms with E-state index in [2.05, 4.69) is 29.2 Å². The smallest absolute Gasteiger partial charge is 0.254 e. The third-order valence-corrected chi connectivity index (χ3v) is 6.54. The second-order valence-electron chi connectivity index (χ2n) is 9.44. The Hall–Kier alpha value is -2.89. The van der Waals surface area contributed by atoms with Gasteiger partial charge in [-0.15, -0.1) is 0 Å². The Morgan fingerprint density at radius 2 is 1.61 bits per heavy atom. The van der Waals surface area contributed by atoms with E-state index in [9.17, 15) is 9.90 Å². The number of aryl methyl sites for hydroxylation is 2. The van der Waals surface area contributed by atoms with Gasteiger partial charge in [0.05, 0.1) is 5.60 Å². The van der Waals surface area contributed by atoms with Gasteiger partial charge in [0.1, 0.15) is 12.4 Å². The summed E-state index contributed by atoms with van der Waals surface area (Å²) in [6.07, 6.45) is 2.46. The van der Waals surface area contributed by atoms with Crippen molar-refractivity contribution in [1.29, 1.82) is 0 Å².